The molecule has 0 aliphatic carbocycles. The summed E-state index contributed by atoms with van der Waals surface area (Å²) in [4.78, 5) is 21.2. The van der Waals surface area contributed by atoms with Crippen LogP contribution in [0.5, 0.6) is 0 Å². The molecule has 11 heteroatoms. The Kier molecular flexibility index (Phi) is 11.8. The SMILES string of the molecule is COC(=O)CCCCN(CCCCCl)P(Cl)OCc1ccc([N+](=O)[O-])o1. The van der Waals surface area contributed by atoms with Gasteiger partial charge in [0.15, 0.2) is 0 Å². The fourth-order valence-corrected chi connectivity index (χ4v) is 3.85. The fourth-order valence-electron chi connectivity index (χ4n) is 2.06. The molecule has 0 saturated carbocycles. The number of hydrogen-bond acceptors (Lipinski definition) is 7. The summed E-state index contributed by atoms with van der Waals surface area (Å²) in [5.74, 6) is 0.357. The van der Waals surface area contributed by atoms with Gasteiger partial charge in [0, 0.05) is 25.4 Å². The molecule has 0 N–H and O–H groups in total. The minimum absolute atomic E-state index is 0.0528. The van der Waals surface area contributed by atoms with Gasteiger partial charge in [-0.25, -0.2) is 4.67 Å². The maximum Gasteiger partial charge on any atom is 0.433 e. The van der Waals surface area contributed by atoms with E-state index in [0.717, 1.165) is 25.8 Å². The van der Waals surface area contributed by atoms with E-state index in [9.17, 15) is 14.9 Å². The van der Waals surface area contributed by atoms with Crippen LogP contribution < -0.4 is 0 Å². The van der Waals surface area contributed by atoms with Crippen LogP contribution in [0.3, 0.4) is 0 Å². The van der Waals surface area contributed by atoms with Gasteiger partial charge in [0.05, 0.1) is 13.2 Å². The molecule has 0 aliphatic rings. The lowest BCUT2D eigenvalue weighted by Gasteiger charge is -2.25. The van der Waals surface area contributed by atoms with Gasteiger partial charge in [0.2, 0.25) is 7.65 Å². The number of methoxy groups -OCH3 is 1. The summed E-state index contributed by atoms with van der Waals surface area (Å²) in [6.45, 7) is 1.45. The highest BCUT2D eigenvalue weighted by atomic mass is 35.7. The number of furan rings is 1. The highest BCUT2D eigenvalue weighted by Crippen LogP contribution is 2.47. The molecule has 1 atom stereocenters. The number of ether oxygens (including phenoxy) is 1. The third kappa shape index (κ3) is 9.14. The zero-order chi connectivity index (χ0) is 19.4. The van der Waals surface area contributed by atoms with Crippen molar-refractivity contribution >= 4 is 42.3 Å². The first kappa shape index (κ1) is 23.1. The molecule has 0 amide bonds. The molecule has 0 fully saturated rings. The summed E-state index contributed by atoms with van der Waals surface area (Å²) in [6, 6.07) is 2.77. The summed E-state index contributed by atoms with van der Waals surface area (Å²) in [5.41, 5.74) is 0. The molecule has 148 valence electrons. The largest absolute Gasteiger partial charge is 0.469 e. The Labute approximate surface area is 163 Å². The van der Waals surface area contributed by atoms with E-state index in [0.29, 0.717) is 31.0 Å². The number of alkyl halides is 1. The van der Waals surface area contributed by atoms with Crippen molar-refractivity contribution in [1.29, 1.82) is 0 Å². The van der Waals surface area contributed by atoms with E-state index < -0.39 is 12.6 Å². The molecule has 0 spiro atoms. The normalized spacial score (nSPS) is 12.3. The molecule has 0 radical (unpaired) electrons. The van der Waals surface area contributed by atoms with Gasteiger partial charge in [-0.05, 0) is 43.0 Å². The lowest BCUT2D eigenvalue weighted by molar-refractivity contribution is -0.402. The van der Waals surface area contributed by atoms with E-state index in [1.165, 1.54) is 19.2 Å². The maximum atomic E-state index is 11.2. The van der Waals surface area contributed by atoms with Crippen molar-refractivity contribution in [2.45, 2.75) is 38.7 Å². The summed E-state index contributed by atoms with van der Waals surface area (Å²) in [7, 11) is -0.0428. The summed E-state index contributed by atoms with van der Waals surface area (Å²) in [6.07, 6.45) is 3.58. The van der Waals surface area contributed by atoms with Crippen LogP contribution in [0.15, 0.2) is 16.5 Å². The first-order chi connectivity index (χ1) is 12.5. The van der Waals surface area contributed by atoms with Gasteiger partial charge in [-0.15, -0.1) is 11.6 Å². The van der Waals surface area contributed by atoms with E-state index >= 15 is 0 Å². The predicted octanol–water partition coefficient (Wildman–Crippen LogP) is 4.83. The second kappa shape index (κ2) is 13.3. The molecule has 26 heavy (non-hydrogen) atoms. The molecule has 8 nitrogen and oxygen atoms in total. The zero-order valence-corrected chi connectivity index (χ0v) is 17.0. The minimum Gasteiger partial charge on any atom is -0.469 e. The quantitative estimate of drug-likeness (QED) is 0.104. The second-order valence-corrected chi connectivity index (χ2v) is 7.90. The summed E-state index contributed by atoms with van der Waals surface area (Å²) < 4.78 is 17.3. The molecule has 0 saturated heterocycles. The topological polar surface area (TPSA) is 95.0 Å². The fraction of sp³-hybridized carbons (Fsp3) is 0.667. The van der Waals surface area contributed by atoms with Gasteiger partial charge < -0.3 is 13.7 Å². The molecule has 1 aromatic rings. The van der Waals surface area contributed by atoms with Crippen LogP contribution in [-0.2, 0) is 20.7 Å². The molecular formula is C15H23Cl2N2O6P. The molecule has 0 aliphatic heterocycles. The Bertz CT molecular complexity index is 560. The number of esters is 1. The van der Waals surface area contributed by atoms with Crippen LogP contribution in [0.1, 0.15) is 37.9 Å². The number of unbranched alkanes of at least 4 members (excludes halogenated alkanes) is 2. The monoisotopic (exact) mass is 428 g/mol. The first-order valence-corrected chi connectivity index (χ1v) is 10.8. The maximum absolute atomic E-state index is 11.2. The number of nitro groups is 1. The molecule has 1 heterocycles. The van der Waals surface area contributed by atoms with E-state index in [-0.39, 0.29) is 18.5 Å². The lowest BCUT2D eigenvalue weighted by atomic mass is 10.2. The number of rotatable bonds is 14. The number of hydrogen-bond donors (Lipinski definition) is 0. The van der Waals surface area contributed by atoms with Crippen LogP contribution >= 0.6 is 30.5 Å². The second-order valence-electron chi connectivity index (χ2n) is 5.38. The molecule has 1 unspecified atom stereocenters. The Balaban J connectivity index is 2.46. The van der Waals surface area contributed by atoms with Crippen LogP contribution in [0, 0.1) is 10.1 Å². The van der Waals surface area contributed by atoms with Gasteiger partial charge in [-0.1, -0.05) is 0 Å². The summed E-state index contributed by atoms with van der Waals surface area (Å²) >= 11 is 12.1. The average molecular weight is 429 g/mol. The van der Waals surface area contributed by atoms with Crippen LogP contribution in [-0.4, -0.2) is 41.6 Å². The standard InChI is InChI=1S/C15H23Cl2N2O6P/c1-23-15(20)6-2-4-10-18(11-5-3-9-16)26(17)24-12-13-7-8-14(25-13)19(21)22/h7-8H,2-6,9-12H2,1H3. The predicted molar refractivity (Wildman–Crippen MR) is 100 cm³/mol. The van der Waals surface area contributed by atoms with Crippen molar-refractivity contribution in [2.75, 3.05) is 26.1 Å². The van der Waals surface area contributed by atoms with Gasteiger partial charge in [-0.2, -0.15) is 0 Å². The van der Waals surface area contributed by atoms with E-state index in [1.54, 1.807) is 0 Å². The molecular weight excluding hydrogens is 406 g/mol. The van der Waals surface area contributed by atoms with Gasteiger partial charge in [0.1, 0.15) is 17.3 Å². The Morgan fingerprint density at radius 1 is 1.31 bits per heavy atom. The molecule has 1 rings (SSSR count). The van der Waals surface area contributed by atoms with Crippen molar-refractivity contribution < 1.29 is 23.4 Å². The molecule has 1 aromatic heterocycles. The van der Waals surface area contributed by atoms with Crippen molar-refractivity contribution in [3.05, 3.63) is 28.0 Å². The van der Waals surface area contributed by atoms with Crippen molar-refractivity contribution in [2.24, 2.45) is 0 Å². The van der Waals surface area contributed by atoms with E-state index in [2.05, 4.69) is 4.74 Å². The van der Waals surface area contributed by atoms with Gasteiger partial charge >= 0.3 is 11.9 Å². The van der Waals surface area contributed by atoms with Crippen molar-refractivity contribution in [3.63, 3.8) is 0 Å². The van der Waals surface area contributed by atoms with Crippen LogP contribution in [0.4, 0.5) is 5.88 Å². The molecule has 0 bridgehead atoms. The minimum atomic E-state index is -1.41. The number of nitrogens with zero attached hydrogens (tertiary/aromatic N) is 2. The lowest BCUT2D eigenvalue weighted by Crippen LogP contribution is -2.20. The summed E-state index contributed by atoms with van der Waals surface area (Å²) in [5, 5.41) is 10.6. The van der Waals surface area contributed by atoms with E-state index in [1.807, 2.05) is 4.67 Å². The third-order valence-corrected chi connectivity index (χ3v) is 5.83. The highest BCUT2D eigenvalue weighted by molar-refractivity contribution is 7.78. The Hall–Kier alpha value is -0.920. The van der Waals surface area contributed by atoms with Crippen molar-refractivity contribution in [3.8, 4) is 0 Å². The molecule has 0 aromatic carbocycles. The Morgan fingerprint density at radius 3 is 2.58 bits per heavy atom. The zero-order valence-electron chi connectivity index (χ0n) is 14.6. The third-order valence-electron chi connectivity index (χ3n) is 3.44. The van der Waals surface area contributed by atoms with E-state index in [4.69, 9.17) is 31.8 Å². The van der Waals surface area contributed by atoms with Gasteiger partial charge in [0.25, 0.3) is 0 Å². The first-order valence-electron chi connectivity index (χ1n) is 8.17. The smallest absolute Gasteiger partial charge is 0.433 e. The number of halogens is 2. The average Bonchev–Trinajstić information content (AvgIpc) is 3.10. The van der Waals surface area contributed by atoms with Gasteiger partial charge in [-0.3, -0.25) is 14.9 Å². The van der Waals surface area contributed by atoms with Crippen LogP contribution in [0.2, 0.25) is 0 Å². The van der Waals surface area contributed by atoms with Crippen molar-refractivity contribution in [1.82, 2.24) is 4.67 Å². The number of carbonyl (C=O) groups is 1. The van der Waals surface area contributed by atoms with Crippen LogP contribution in [0.25, 0.3) is 0 Å². The number of carbonyl (C=O) groups excluding carboxylic acids is 1. The Morgan fingerprint density at radius 2 is 2.00 bits per heavy atom. The highest BCUT2D eigenvalue weighted by Gasteiger charge is 2.19.